The third-order valence-electron chi connectivity index (χ3n) is 6.68. The molecule has 2 aliphatic heterocycles. The zero-order valence-corrected chi connectivity index (χ0v) is 19.2. The highest BCUT2D eigenvalue weighted by molar-refractivity contribution is 6.00. The fraction of sp³-hybridized carbons (Fsp3) is 0.214. The minimum Gasteiger partial charge on any atom is -0.454 e. The van der Waals surface area contributed by atoms with Crippen LogP contribution in [0.1, 0.15) is 51.3 Å². The second-order valence-electron chi connectivity index (χ2n) is 8.85. The van der Waals surface area contributed by atoms with Crippen LogP contribution in [-0.4, -0.2) is 27.8 Å². The Morgan fingerprint density at radius 2 is 1.71 bits per heavy atom. The molecule has 0 saturated heterocycles. The van der Waals surface area contributed by atoms with Gasteiger partial charge in [0.05, 0.1) is 11.7 Å². The standard InChI is InChI=1S/C28H25N3O3/c1-3-18-6-11-21(12-7-18)27-24-25(20-9-4-17(2)5-10-20)29-30-26(24)28(32)31(27)15-19-8-13-22-23(14-19)34-16-33-22/h4-14,27H,3,15-16H2,1-2H3,(H,29,30). The number of aryl methyl sites for hydroxylation is 2. The van der Waals surface area contributed by atoms with E-state index in [4.69, 9.17) is 9.47 Å². The van der Waals surface area contributed by atoms with Crippen molar-refractivity contribution < 1.29 is 14.3 Å². The largest absolute Gasteiger partial charge is 0.454 e. The number of ether oxygens (including phenoxy) is 2. The molecule has 1 atom stereocenters. The highest BCUT2D eigenvalue weighted by Crippen LogP contribution is 2.44. The van der Waals surface area contributed by atoms with Crippen molar-refractivity contribution in [1.29, 1.82) is 0 Å². The zero-order valence-electron chi connectivity index (χ0n) is 19.2. The molecule has 6 nitrogen and oxygen atoms in total. The van der Waals surface area contributed by atoms with E-state index in [1.54, 1.807) is 0 Å². The van der Waals surface area contributed by atoms with E-state index in [-0.39, 0.29) is 18.7 Å². The van der Waals surface area contributed by atoms with Gasteiger partial charge in [0, 0.05) is 17.7 Å². The Balaban J connectivity index is 1.45. The lowest BCUT2D eigenvalue weighted by Crippen LogP contribution is -2.29. The maximum atomic E-state index is 13.6. The van der Waals surface area contributed by atoms with E-state index in [9.17, 15) is 4.79 Å². The first kappa shape index (κ1) is 20.5. The van der Waals surface area contributed by atoms with E-state index in [1.807, 2.05) is 23.1 Å². The van der Waals surface area contributed by atoms with Crippen molar-refractivity contribution in [3.05, 3.63) is 100 Å². The van der Waals surface area contributed by atoms with Crippen LogP contribution in [0.3, 0.4) is 0 Å². The van der Waals surface area contributed by atoms with Gasteiger partial charge in [0.25, 0.3) is 5.91 Å². The van der Waals surface area contributed by atoms with Crippen LogP contribution in [0.15, 0.2) is 66.7 Å². The second kappa shape index (κ2) is 8.06. The third kappa shape index (κ3) is 3.34. The molecule has 2 aliphatic rings. The Hall–Kier alpha value is -4.06. The summed E-state index contributed by atoms with van der Waals surface area (Å²) in [5, 5.41) is 7.62. The minimum atomic E-state index is -0.242. The Bertz CT molecular complexity index is 1370. The van der Waals surface area contributed by atoms with Crippen LogP contribution in [0.25, 0.3) is 11.3 Å². The van der Waals surface area contributed by atoms with Crippen molar-refractivity contribution in [2.24, 2.45) is 0 Å². The smallest absolute Gasteiger partial charge is 0.273 e. The van der Waals surface area contributed by atoms with Gasteiger partial charge in [-0.2, -0.15) is 5.10 Å². The van der Waals surface area contributed by atoms with Gasteiger partial charge in [-0.15, -0.1) is 0 Å². The molecule has 0 aliphatic carbocycles. The molecule has 34 heavy (non-hydrogen) atoms. The summed E-state index contributed by atoms with van der Waals surface area (Å²) in [7, 11) is 0. The Morgan fingerprint density at radius 3 is 2.47 bits per heavy atom. The normalized spacial score (nSPS) is 16.2. The molecule has 1 aromatic heterocycles. The average Bonchev–Trinajstić information content (AvgIpc) is 3.57. The van der Waals surface area contributed by atoms with Crippen molar-refractivity contribution in [3.63, 3.8) is 0 Å². The lowest BCUT2D eigenvalue weighted by molar-refractivity contribution is 0.0730. The van der Waals surface area contributed by atoms with E-state index in [2.05, 4.69) is 72.6 Å². The fourth-order valence-electron chi connectivity index (χ4n) is 4.81. The second-order valence-corrected chi connectivity index (χ2v) is 8.85. The lowest BCUT2D eigenvalue weighted by atomic mass is 9.94. The van der Waals surface area contributed by atoms with Gasteiger partial charge in [-0.1, -0.05) is 67.1 Å². The molecule has 3 heterocycles. The summed E-state index contributed by atoms with van der Waals surface area (Å²) in [4.78, 5) is 15.6. The molecule has 0 bridgehead atoms. The van der Waals surface area contributed by atoms with Gasteiger partial charge in [0.1, 0.15) is 5.69 Å². The number of fused-ring (bicyclic) bond motifs is 2. The maximum Gasteiger partial charge on any atom is 0.273 e. The van der Waals surface area contributed by atoms with Gasteiger partial charge < -0.3 is 14.4 Å². The monoisotopic (exact) mass is 451 g/mol. The van der Waals surface area contributed by atoms with Crippen LogP contribution in [0.5, 0.6) is 11.5 Å². The van der Waals surface area contributed by atoms with Gasteiger partial charge in [-0.3, -0.25) is 9.89 Å². The summed E-state index contributed by atoms with van der Waals surface area (Å²) < 4.78 is 11.0. The van der Waals surface area contributed by atoms with Crippen molar-refractivity contribution in [2.75, 3.05) is 6.79 Å². The first-order valence-corrected chi connectivity index (χ1v) is 11.6. The summed E-state index contributed by atoms with van der Waals surface area (Å²) >= 11 is 0. The molecule has 3 aromatic carbocycles. The van der Waals surface area contributed by atoms with Gasteiger partial charge in [-0.05, 0) is 42.2 Å². The molecule has 1 N–H and O–H groups in total. The molecule has 0 saturated carbocycles. The molecule has 1 amide bonds. The number of carbonyl (C=O) groups excluding carboxylic acids is 1. The van der Waals surface area contributed by atoms with Gasteiger partial charge in [-0.25, -0.2) is 0 Å². The first-order valence-electron chi connectivity index (χ1n) is 11.6. The Kier molecular flexibility index (Phi) is 4.87. The minimum absolute atomic E-state index is 0.0527. The van der Waals surface area contributed by atoms with E-state index in [0.29, 0.717) is 18.0 Å². The predicted molar refractivity (Wildman–Crippen MR) is 129 cm³/mol. The van der Waals surface area contributed by atoms with Crippen LogP contribution >= 0.6 is 0 Å². The van der Waals surface area contributed by atoms with Gasteiger partial charge in [0.2, 0.25) is 6.79 Å². The Labute approximate surface area is 198 Å². The molecule has 170 valence electrons. The quantitative estimate of drug-likeness (QED) is 0.440. The van der Waals surface area contributed by atoms with E-state index in [1.165, 1.54) is 11.1 Å². The van der Waals surface area contributed by atoms with E-state index < -0.39 is 0 Å². The molecular formula is C28H25N3O3. The van der Waals surface area contributed by atoms with Crippen LogP contribution in [-0.2, 0) is 13.0 Å². The van der Waals surface area contributed by atoms with Crippen LogP contribution in [0.2, 0.25) is 0 Å². The highest BCUT2D eigenvalue weighted by atomic mass is 16.7. The van der Waals surface area contributed by atoms with Crippen molar-refractivity contribution in [1.82, 2.24) is 15.1 Å². The number of rotatable bonds is 5. The number of hydrogen-bond donors (Lipinski definition) is 1. The topological polar surface area (TPSA) is 67.5 Å². The summed E-state index contributed by atoms with van der Waals surface area (Å²) in [5.41, 5.74) is 7.81. The number of nitrogens with zero attached hydrogens (tertiary/aromatic N) is 2. The summed E-state index contributed by atoms with van der Waals surface area (Å²) in [5.74, 6) is 1.40. The van der Waals surface area contributed by atoms with Crippen LogP contribution in [0, 0.1) is 6.92 Å². The summed E-state index contributed by atoms with van der Waals surface area (Å²) in [6.07, 6.45) is 0.969. The SMILES string of the molecule is CCc1ccc(C2c3c(-c4ccc(C)cc4)n[nH]c3C(=O)N2Cc2ccc3c(c2)OCO3)cc1. The van der Waals surface area contributed by atoms with E-state index >= 15 is 0 Å². The molecule has 0 radical (unpaired) electrons. The van der Waals surface area contributed by atoms with Crippen LogP contribution in [0.4, 0.5) is 0 Å². The zero-order chi connectivity index (χ0) is 23.2. The average molecular weight is 452 g/mol. The molecule has 0 spiro atoms. The van der Waals surface area contributed by atoms with Crippen molar-refractivity contribution in [3.8, 4) is 22.8 Å². The number of H-pyrrole nitrogens is 1. The van der Waals surface area contributed by atoms with Crippen molar-refractivity contribution >= 4 is 5.91 Å². The first-order chi connectivity index (χ1) is 16.6. The lowest BCUT2D eigenvalue weighted by Gasteiger charge is -2.27. The molecular weight excluding hydrogens is 426 g/mol. The number of hydrogen-bond acceptors (Lipinski definition) is 4. The number of aromatic nitrogens is 2. The fourth-order valence-corrected chi connectivity index (χ4v) is 4.81. The maximum absolute atomic E-state index is 13.6. The summed E-state index contributed by atoms with van der Waals surface area (Å²) in [6, 6.07) is 22.4. The molecule has 1 unspecified atom stereocenters. The van der Waals surface area contributed by atoms with Crippen LogP contribution < -0.4 is 9.47 Å². The number of carbonyl (C=O) groups is 1. The highest BCUT2D eigenvalue weighted by Gasteiger charge is 2.42. The summed E-state index contributed by atoms with van der Waals surface area (Å²) in [6.45, 7) is 4.88. The van der Waals surface area contributed by atoms with Gasteiger partial charge >= 0.3 is 0 Å². The molecule has 0 fully saturated rings. The van der Waals surface area contributed by atoms with Gasteiger partial charge in [0.15, 0.2) is 11.5 Å². The molecule has 6 heteroatoms. The number of amides is 1. The number of aromatic amines is 1. The molecule has 4 aromatic rings. The third-order valence-corrected chi connectivity index (χ3v) is 6.68. The molecule has 6 rings (SSSR count). The Morgan fingerprint density at radius 1 is 0.971 bits per heavy atom. The predicted octanol–water partition coefficient (Wildman–Crippen LogP) is 5.42. The number of nitrogens with one attached hydrogen (secondary N) is 1. The number of benzene rings is 3. The van der Waals surface area contributed by atoms with Crippen molar-refractivity contribution in [2.45, 2.75) is 32.9 Å². The van der Waals surface area contributed by atoms with E-state index in [0.717, 1.165) is 40.1 Å².